The predicted octanol–water partition coefficient (Wildman–Crippen LogP) is 2.00. The molecular weight excluding hydrogens is 250 g/mol. The molecule has 0 fully saturated rings. The minimum Gasteiger partial charge on any atom is -0.394 e. The Morgan fingerprint density at radius 2 is 1.95 bits per heavy atom. The maximum Gasteiger partial charge on any atom is 0.0684 e. The van der Waals surface area contributed by atoms with Crippen molar-refractivity contribution in [2.45, 2.75) is 32.4 Å². The number of hydrogen-bond donors (Lipinski definition) is 2. The Balaban J connectivity index is 2.20. The molecular formula is C16H23N3O. The van der Waals surface area contributed by atoms with Gasteiger partial charge in [0, 0.05) is 12.2 Å². The normalized spacial score (nSPS) is 14.2. The summed E-state index contributed by atoms with van der Waals surface area (Å²) in [6.07, 6.45) is 0.784. The monoisotopic (exact) mass is 273 g/mol. The third-order valence-corrected chi connectivity index (χ3v) is 3.93. The van der Waals surface area contributed by atoms with E-state index in [1.54, 1.807) is 0 Å². The zero-order chi connectivity index (χ0) is 14.6. The van der Waals surface area contributed by atoms with E-state index >= 15 is 0 Å². The summed E-state index contributed by atoms with van der Waals surface area (Å²) in [7, 11) is 1.89. The number of aliphatic hydroxyl groups is 1. The number of aliphatic hydroxyl groups excluding tert-OH is 1. The molecule has 0 aliphatic rings. The van der Waals surface area contributed by atoms with Gasteiger partial charge < -0.3 is 10.4 Å². The molecule has 108 valence electrons. The summed E-state index contributed by atoms with van der Waals surface area (Å²) < 4.78 is 2.00. The summed E-state index contributed by atoms with van der Waals surface area (Å²) in [5.41, 5.74) is 2.86. The van der Waals surface area contributed by atoms with Crippen LogP contribution in [0.25, 0.3) is 0 Å². The minimum atomic E-state index is -0.423. The summed E-state index contributed by atoms with van der Waals surface area (Å²) in [5.74, 6) is 0. The number of rotatable bonds is 6. The molecule has 0 spiro atoms. The molecule has 0 aliphatic carbocycles. The standard InChI is InChI=1S/C16H23N3O/c1-13-11-14(2)19(18-13)10-9-16(12-20,17-3)15-7-5-4-6-8-15/h4-8,11,17,20H,9-10,12H2,1-3H3. The van der Waals surface area contributed by atoms with Gasteiger partial charge in [-0.2, -0.15) is 5.10 Å². The fourth-order valence-corrected chi connectivity index (χ4v) is 2.62. The first-order valence-electron chi connectivity index (χ1n) is 6.97. The van der Waals surface area contributed by atoms with Gasteiger partial charge in [0.05, 0.1) is 17.8 Å². The second-order valence-corrected chi connectivity index (χ2v) is 5.26. The highest BCUT2D eigenvalue weighted by Crippen LogP contribution is 2.25. The van der Waals surface area contributed by atoms with E-state index in [1.165, 1.54) is 0 Å². The van der Waals surface area contributed by atoms with Gasteiger partial charge >= 0.3 is 0 Å². The van der Waals surface area contributed by atoms with Crippen LogP contribution in [0.3, 0.4) is 0 Å². The summed E-state index contributed by atoms with van der Waals surface area (Å²) in [5, 5.41) is 17.7. The van der Waals surface area contributed by atoms with E-state index in [-0.39, 0.29) is 6.61 Å². The number of benzene rings is 1. The predicted molar refractivity (Wildman–Crippen MR) is 80.6 cm³/mol. The summed E-state index contributed by atoms with van der Waals surface area (Å²) in [6, 6.07) is 12.2. The van der Waals surface area contributed by atoms with E-state index in [9.17, 15) is 5.11 Å². The highest BCUT2D eigenvalue weighted by molar-refractivity contribution is 5.24. The van der Waals surface area contributed by atoms with Crippen molar-refractivity contribution in [1.82, 2.24) is 15.1 Å². The Morgan fingerprint density at radius 3 is 2.45 bits per heavy atom. The largest absolute Gasteiger partial charge is 0.394 e. The second kappa shape index (κ2) is 6.20. The van der Waals surface area contributed by atoms with Crippen molar-refractivity contribution in [2.75, 3.05) is 13.7 Å². The highest BCUT2D eigenvalue weighted by atomic mass is 16.3. The average molecular weight is 273 g/mol. The molecule has 4 nitrogen and oxygen atoms in total. The highest BCUT2D eigenvalue weighted by Gasteiger charge is 2.29. The average Bonchev–Trinajstić information content (AvgIpc) is 2.80. The molecule has 2 aromatic rings. The first kappa shape index (κ1) is 14.8. The lowest BCUT2D eigenvalue weighted by atomic mass is 9.87. The fourth-order valence-electron chi connectivity index (χ4n) is 2.62. The van der Waals surface area contributed by atoms with Crippen LogP contribution >= 0.6 is 0 Å². The van der Waals surface area contributed by atoms with E-state index in [4.69, 9.17) is 0 Å². The van der Waals surface area contributed by atoms with E-state index in [0.29, 0.717) is 0 Å². The van der Waals surface area contributed by atoms with Gasteiger partial charge in [-0.25, -0.2) is 0 Å². The SMILES string of the molecule is CNC(CO)(CCn1nc(C)cc1C)c1ccccc1. The summed E-state index contributed by atoms with van der Waals surface area (Å²) in [6.45, 7) is 4.89. The number of aryl methyl sites for hydroxylation is 3. The fraction of sp³-hybridized carbons (Fsp3) is 0.438. The van der Waals surface area contributed by atoms with Crippen molar-refractivity contribution in [3.05, 3.63) is 53.3 Å². The second-order valence-electron chi connectivity index (χ2n) is 5.26. The van der Waals surface area contributed by atoms with Gasteiger partial charge in [-0.15, -0.1) is 0 Å². The Bertz CT molecular complexity index is 544. The van der Waals surface area contributed by atoms with Crippen LogP contribution < -0.4 is 5.32 Å². The van der Waals surface area contributed by atoms with Gasteiger partial charge in [0.2, 0.25) is 0 Å². The molecule has 2 N–H and O–H groups in total. The number of aromatic nitrogens is 2. The molecule has 1 aromatic carbocycles. The van der Waals surface area contributed by atoms with E-state index in [2.05, 4.69) is 23.4 Å². The quantitative estimate of drug-likeness (QED) is 0.846. The van der Waals surface area contributed by atoms with Crippen molar-refractivity contribution in [2.24, 2.45) is 0 Å². The number of nitrogens with zero attached hydrogens (tertiary/aromatic N) is 2. The number of likely N-dealkylation sites (N-methyl/N-ethyl adjacent to an activating group) is 1. The molecule has 1 heterocycles. The van der Waals surface area contributed by atoms with Gasteiger partial charge in [0.15, 0.2) is 0 Å². The minimum absolute atomic E-state index is 0.0623. The number of nitrogens with one attached hydrogen (secondary N) is 1. The van der Waals surface area contributed by atoms with Crippen molar-refractivity contribution in [3.63, 3.8) is 0 Å². The molecule has 2 rings (SSSR count). The molecule has 0 amide bonds. The van der Waals surface area contributed by atoms with Crippen molar-refractivity contribution in [1.29, 1.82) is 0 Å². The molecule has 0 radical (unpaired) electrons. The Kier molecular flexibility index (Phi) is 4.57. The van der Waals surface area contributed by atoms with Crippen LogP contribution in [-0.4, -0.2) is 28.5 Å². The van der Waals surface area contributed by atoms with Crippen LogP contribution in [0.1, 0.15) is 23.4 Å². The molecule has 0 bridgehead atoms. The molecule has 20 heavy (non-hydrogen) atoms. The lowest BCUT2D eigenvalue weighted by Crippen LogP contribution is -2.44. The first-order valence-corrected chi connectivity index (χ1v) is 6.97. The van der Waals surface area contributed by atoms with Crippen molar-refractivity contribution in [3.8, 4) is 0 Å². The zero-order valence-electron chi connectivity index (χ0n) is 12.4. The Labute approximate surface area is 120 Å². The summed E-state index contributed by atoms with van der Waals surface area (Å²) >= 11 is 0. The molecule has 1 unspecified atom stereocenters. The lowest BCUT2D eigenvalue weighted by molar-refractivity contribution is 0.152. The maximum atomic E-state index is 9.89. The van der Waals surface area contributed by atoms with Gasteiger partial charge in [0.25, 0.3) is 0 Å². The lowest BCUT2D eigenvalue weighted by Gasteiger charge is -2.32. The molecule has 1 atom stereocenters. The molecule has 0 saturated heterocycles. The van der Waals surface area contributed by atoms with Crippen LogP contribution in [0.15, 0.2) is 36.4 Å². The third-order valence-electron chi connectivity index (χ3n) is 3.93. The first-order chi connectivity index (χ1) is 9.61. The van der Waals surface area contributed by atoms with Crippen LogP contribution in [0.5, 0.6) is 0 Å². The smallest absolute Gasteiger partial charge is 0.0684 e. The van der Waals surface area contributed by atoms with Crippen molar-refractivity contribution >= 4 is 0 Å². The zero-order valence-corrected chi connectivity index (χ0v) is 12.4. The van der Waals surface area contributed by atoms with Gasteiger partial charge in [0.1, 0.15) is 0 Å². The maximum absolute atomic E-state index is 9.89. The van der Waals surface area contributed by atoms with E-state index < -0.39 is 5.54 Å². The summed E-state index contributed by atoms with van der Waals surface area (Å²) in [4.78, 5) is 0. The molecule has 0 aliphatic heterocycles. The van der Waals surface area contributed by atoms with Gasteiger partial charge in [-0.3, -0.25) is 4.68 Å². The molecule has 4 heteroatoms. The van der Waals surface area contributed by atoms with E-state index in [1.807, 2.05) is 49.0 Å². The Morgan fingerprint density at radius 1 is 1.25 bits per heavy atom. The van der Waals surface area contributed by atoms with Crippen LogP contribution in [0.2, 0.25) is 0 Å². The van der Waals surface area contributed by atoms with Crippen molar-refractivity contribution < 1.29 is 5.11 Å². The molecule has 1 aromatic heterocycles. The molecule has 0 saturated carbocycles. The van der Waals surface area contributed by atoms with Crippen LogP contribution in [-0.2, 0) is 12.1 Å². The van der Waals surface area contributed by atoms with Gasteiger partial charge in [-0.05, 0) is 38.9 Å². The Hall–Kier alpha value is -1.65. The van der Waals surface area contributed by atoms with Gasteiger partial charge in [-0.1, -0.05) is 30.3 Å². The third kappa shape index (κ3) is 2.92. The number of hydrogen-bond acceptors (Lipinski definition) is 3. The topological polar surface area (TPSA) is 50.1 Å². The van der Waals surface area contributed by atoms with Crippen LogP contribution in [0, 0.1) is 13.8 Å². The van der Waals surface area contributed by atoms with E-state index in [0.717, 1.165) is 29.9 Å². The van der Waals surface area contributed by atoms with Crippen LogP contribution in [0.4, 0.5) is 0 Å².